The molecule has 0 atom stereocenters. The van der Waals surface area contributed by atoms with E-state index in [1.54, 1.807) is 0 Å². The first-order valence-corrected chi connectivity index (χ1v) is 7.70. The lowest BCUT2D eigenvalue weighted by Crippen LogP contribution is -2.23. The Morgan fingerprint density at radius 2 is 1.76 bits per heavy atom. The van der Waals surface area contributed by atoms with Gasteiger partial charge in [-0.3, -0.25) is 0 Å². The van der Waals surface area contributed by atoms with Gasteiger partial charge in [0, 0.05) is 39.6 Å². The summed E-state index contributed by atoms with van der Waals surface area (Å²) in [6.45, 7) is 8.87. The molecule has 0 saturated heterocycles. The lowest BCUT2D eigenvalue weighted by Gasteiger charge is -2.13. The van der Waals surface area contributed by atoms with E-state index in [1.165, 1.54) is 12.1 Å². The molecule has 0 radical (unpaired) electrons. The highest BCUT2D eigenvalue weighted by molar-refractivity contribution is 9.10. The largest absolute Gasteiger partial charge is 0.310 e. The maximum absolute atomic E-state index is 13.5. The highest BCUT2D eigenvalue weighted by atomic mass is 79.9. The van der Waals surface area contributed by atoms with Gasteiger partial charge in [-0.25, -0.2) is 14.4 Å². The van der Waals surface area contributed by atoms with Crippen LogP contribution >= 0.6 is 15.9 Å². The van der Waals surface area contributed by atoms with E-state index in [9.17, 15) is 4.39 Å². The number of hydrogen-bond donors (Lipinski definition) is 1. The molecule has 0 aliphatic rings. The van der Waals surface area contributed by atoms with Crippen molar-refractivity contribution in [1.82, 2.24) is 15.3 Å². The molecule has 0 bridgehead atoms. The summed E-state index contributed by atoms with van der Waals surface area (Å²) in [5.74, 6) is 0.252. The molecule has 1 aromatic carbocycles. The Morgan fingerprint density at radius 3 is 2.29 bits per heavy atom. The predicted octanol–water partition coefficient (Wildman–Crippen LogP) is 4.16. The van der Waals surface area contributed by atoms with Crippen molar-refractivity contribution in [1.29, 1.82) is 0 Å². The van der Waals surface area contributed by atoms with Gasteiger partial charge in [0.25, 0.3) is 0 Å². The van der Waals surface area contributed by atoms with E-state index in [-0.39, 0.29) is 5.82 Å². The average molecular weight is 352 g/mol. The van der Waals surface area contributed by atoms with Crippen molar-refractivity contribution < 1.29 is 4.39 Å². The predicted molar refractivity (Wildman–Crippen MR) is 86.6 cm³/mol. The quantitative estimate of drug-likeness (QED) is 0.898. The number of aryl methyl sites for hydroxylation is 2. The minimum Gasteiger partial charge on any atom is -0.310 e. The Bertz CT molecular complexity index is 613. The smallest absolute Gasteiger partial charge is 0.159 e. The Balaban J connectivity index is 2.39. The van der Waals surface area contributed by atoms with Crippen LogP contribution in [0.3, 0.4) is 0 Å². The van der Waals surface area contributed by atoms with E-state index < -0.39 is 0 Å². The molecule has 112 valence electrons. The van der Waals surface area contributed by atoms with Crippen LogP contribution in [0.2, 0.25) is 0 Å². The van der Waals surface area contributed by atoms with Crippen LogP contribution in [0.5, 0.6) is 0 Å². The highest BCUT2D eigenvalue weighted by Gasteiger charge is 2.11. The Labute approximate surface area is 133 Å². The van der Waals surface area contributed by atoms with Crippen LogP contribution in [-0.2, 0) is 6.54 Å². The summed E-state index contributed by atoms with van der Waals surface area (Å²) in [4.78, 5) is 9.05. The first kappa shape index (κ1) is 16.0. The van der Waals surface area contributed by atoms with Gasteiger partial charge in [0.05, 0.1) is 0 Å². The molecule has 2 rings (SSSR count). The van der Waals surface area contributed by atoms with Gasteiger partial charge in [-0.2, -0.15) is 0 Å². The summed E-state index contributed by atoms with van der Waals surface area (Å²) in [7, 11) is 0. The Kier molecular flexibility index (Phi) is 5.06. The van der Waals surface area contributed by atoms with Crippen molar-refractivity contribution in [2.45, 2.75) is 40.3 Å². The fourth-order valence-electron chi connectivity index (χ4n) is 2.11. The van der Waals surface area contributed by atoms with E-state index in [0.29, 0.717) is 21.9 Å². The number of hydrogen-bond acceptors (Lipinski definition) is 3. The summed E-state index contributed by atoms with van der Waals surface area (Å²) in [5.41, 5.74) is 3.62. The second kappa shape index (κ2) is 6.62. The van der Waals surface area contributed by atoms with E-state index >= 15 is 0 Å². The lowest BCUT2D eigenvalue weighted by molar-refractivity contribution is 0.583. The van der Waals surface area contributed by atoms with Gasteiger partial charge in [-0.05, 0) is 32.0 Å². The lowest BCUT2D eigenvalue weighted by atomic mass is 10.1. The van der Waals surface area contributed by atoms with Crippen molar-refractivity contribution in [3.63, 3.8) is 0 Å². The summed E-state index contributed by atoms with van der Waals surface area (Å²) in [6.07, 6.45) is 0. The molecule has 0 spiro atoms. The average Bonchev–Trinajstić information content (AvgIpc) is 2.36. The first-order valence-electron chi connectivity index (χ1n) is 6.90. The van der Waals surface area contributed by atoms with Crippen molar-refractivity contribution in [3.8, 4) is 11.4 Å². The Morgan fingerprint density at radius 1 is 1.14 bits per heavy atom. The van der Waals surface area contributed by atoms with Crippen molar-refractivity contribution in [3.05, 3.63) is 45.4 Å². The van der Waals surface area contributed by atoms with Crippen LogP contribution in [0.4, 0.5) is 4.39 Å². The molecule has 1 N–H and O–H groups in total. The standard InChI is InChI=1S/C16H19BrFN3/c1-9(2)19-8-15-10(3)20-16(21-11(15)4)12-5-13(17)7-14(18)6-12/h5-7,9,19H,8H2,1-4H3. The second-order valence-corrected chi connectivity index (χ2v) is 6.31. The van der Waals surface area contributed by atoms with E-state index in [2.05, 4.69) is 45.1 Å². The molecule has 21 heavy (non-hydrogen) atoms. The SMILES string of the molecule is Cc1nc(-c2cc(F)cc(Br)c2)nc(C)c1CNC(C)C. The van der Waals surface area contributed by atoms with Gasteiger partial charge in [-0.1, -0.05) is 29.8 Å². The van der Waals surface area contributed by atoms with Gasteiger partial charge >= 0.3 is 0 Å². The number of nitrogens with zero attached hydrogens (tertiary/aromatic N) is 2. The zero-order chi connectivity index (χ0) is 15.6. The monoisotopic (exact) mass is 351 g/mol. The van der Waals surface area contributed by atoms with Crippen LogP contribution in [0.15, 0.2) is 22.7 Å². The number of rotatable bonds is 4. The zero-order valence-corrected chi connectivity index (χ0v) is 14.3. The van der Waals surface area contributed by atoms with Gasteiger partial charge in [0.15, 0.2) is 5.82 Å². The van der Waals surface area contributed by atoms with Crippen LogP contribution in [0, 0.1) is 19.7 Å². The number of aromatic nitrogens is 2. The molecule has 1 aromatic heterocycles. The molecule has 3 nitrogen and oxygen atoms in total. The van der Waals surface area contributed by atoms with Crippen LogP contribution in [-0.4, -0.2) is 16.0 Å². The second-order valence-electron chi connectivity index (χ2n) is 5.39. The van der Waals surface area contributed by atoms with Gasteiger partial charge in [-0.15, -0.1) is 0 Å². The number of halogens is 2. The fraction of sp³-hybridized carbons (Fsp3) is 0.375. The molecule has 1 heterocycles. The molecule has 5 heteroatoms. The summed E-state index contributed by atoms with van der Waals surface area (Å²) < 4.78 is 14.2. The topological polar surface area (TPSA) is 37.8 Å². The van der Waals surface area contributed by atoms with Gasteiger partial charge in [0.2, 0.25) is 0 Å². The molecular weight excluding hydrogens is 333 g/mol. The molecule has 0 fully saturated rings. The minimum absolute atomic E-state index is 0.302. The maximum Gasteiger partial charge on any atom is 0.159 e. The third kappa shape index (κ3) is 4.08. The molecule has 0 saturated carbocycles. The first-order chi connectivity index (χ1) is 9.86. The van der Waals surface area contributed by atoms with E-state index in [4.69, 9.17) is 0 Å². The normalized spacial score (nSPS) is 11.2. The van der Waals surface area contributed by atoms with Gasteiger partial charge in [0.1, 0.15) is 5.82 Å². The van der Waals surface area contributed by atoms with Crippen molar-refractivity contribution in [2.24, 2.45) is 0 Å². The van der Waals surface area contributed by atoms with E-state index in [1.807, 2.05) is 19.9 Å². The molecule has 0 aliphatic carbocycles. The number of benzene rings is 1. The maximum atomic E-state index is 13.5. The molecule has 2 aromatic rings. The summed E-state index contributed by atoms with van der Waals surface area (Å²) in [5, 5.41) is 3.37. The third-order valence-corrected chi connectivity index (χ3v) is 3.69. The van der Waals surface area contributed by atoms with Crippen LogP contribution in [0.25, 0.3) is 11.4 Å². The summed E-state index contributed by atoms with van der Waals surface area (Å²) >= 11 is 3.30. The van der Waals surface area contributed by atoms with Crippen molar-refractivity contribution >= 4 is 15.9 Å². The molecule has 0 unspecified atom stereocenters. The zero-order valence-electron chi connectivity index (χ0n) is 12.7. The van der Waals surface area contributed by atoms with Crippen LogP contribution < -0.4 is 5.32 Å². The summed E-state index contributed by atoms with van der Waals surface area (Å²) in [6, 6.07) is 5.10. The minimum atomic E-state index is -0.302. The van der Waals surface area contributed by atoms with Crippen molar-refractivity contribution in [2.75, 3.05) is 0 Å². The van der Waals surface area contributed by atoms with Gasteiger partial charge < -0.3 is 5.32 Å². The molecule has 0 amide bonds. The molecular formula is C16H19BrFN3. The Hall–Kier alpha value is -1.33. The number of nitrogens with one attached hydrogen (secondary N) is 1. The van der Waals surface area contributed by atoms with E-state index in [0.717, 1.165) is 23.5 Å². The third-order valence-electron chi connectivity index (χ3n) is 3.23. The molecule has 0 aliphatic heterocycles. The van der Waals surface area contributed by atoms with Crippen LogP contribution in [0.1, 0.15) is 30.8 Å². The fourth-order valence-corrected chi connectivity index (χ4v) is 2.58. The highest BCUT2D eigenvalue weighted by Crippen LogP contribution is 2.23.